The molecule has 14 nitrogen and oxygen atoms in total. The Kier molecular flexibility index (Phi) is 25.5. The van der Waals surface area contributed by atoms with Crippen LogP contribution in [0.25, 0.3) is 22.3 Å². The molecule has 19 heteroatoms. The zero-order chi connectivity index (χ0) is 80.7. The third kappa shape index (κ3) is 20.2. The normalized spacial score (nSPS) is 19.5. The first-order valence-corrected chi connectivity index (χ1v) is 55.7. The van der Waals surface area contributed by atoms with E-state index in [1.54, 1.807) is 0 Å². The van der Waals surface area contributed by atoms with Gasteiger partial charge in [-0.3, -0.25) is 9.80 Å². The van der Waals surface area contributed by atoms with Gasteiger partial charge < -0.3 is 55.7 Å². The highest BCUT2D eigenvalue weighted by Crippen LogP contribution is 2.56. The van der Waals surface area contributed by atoms with Crippen molar-refractivity contribution < 1.29 is 55.7 Å². The van der Waals surface area contributed by atoms with Crippen LogP contribution in [0.4, 0.5) is 0 Å². The van der Waals surface area contributed by atoms with Crippen molar-refractivity contribution in [2.75, 3.05) is 65.7 Å². The Bertz CT molecular complexity index is 4320. The number of aliphatic hydroxyl groups is 1. The maximum absolute atomic E-state index is 11.4. The SMILES string of the molecule is CC(C)(C)[Si](C)(C)O/C1=C/C2=C(c3ccc(O[Si](C)(C)C(C)(C)C)cc3OC1)C(c1ccc(OCCN3CCCCC3)cc1)Oc1cc(O[Si](C)(C)C(C)(C)C)ccc12.CC(C)(C)[Si](C)(C)Oc1ccc2c(c1)OC(c1ccc(OCCN3CCCCC3)cc1)C1=C2CC(O)COc2cc(O[Si](C)(C)C(C)(C)C)ccc21. The van der Waals surface area contributed by atoms with Gasteiger partial charge in [-0.25, -0.2) is 0 Å². The summed E-state index contributed by atoms with van der Waals surface area (Å²) in [5.41, 5.74) is 10.1. The average Bonchev–Trinajstić information content (AvgIpc) is 0.743. The summed E-state index contributed by atoms with van der Waals surface area (Å²) in [7, 11) is -10.7. The van der Waals surface area contributed by atoms with E-state index in [1.807, 2.05) is 24.3 Å². The second-order valence-electron chi connectivity index (χ2n) is 39.4. The summed E-state index contributed by atoms with van der Waals surface area (Å²) < 4.78 is 74.3. The van der Waals surface area contributed by atoms with E-state index in [-0.39, 0.29) is 31.8 Å². The topological polar surface area (TPSA) is 128 Å². The van der Waals surface area contributed by atoms with Gasteiger partial charge in [-0.2, -0.15) is 0 Å². The molecule has 0 saturated carbocycles. The van der Waals surface area contributed by atoms with Crippen LogP contribution in [0.15, 0.2) is 133 Å². The van der Waals surface area contributed by atoms with Gasteiger partial charge >= 0.3 is 0 Å². The molecule has 111 heavy (non-hydrogen) atoms. The highest BCUT2D eigenvalue weighted by Gasteiger charge is 2.46. The lowest BCUT2D eigenvalue weighted by atomic mass is 9.82. The van der Waals surface area contributed by atoms with Crippen LogP contribution in [0, 0.1) is 0 Å². The van der Waals surface area contributed by atoms with Gasteiger partial charge in [-0.05, 0) is 244 Å². The predicted octanol–water partition coefficient (Wildman–Crippen LogP) is 24.2. The number of rotatable bonds is 20. The molecule has 6 heterocycles. The molecule has 1 N–H and O–H groups in total. The highest BCUT2D eigenvalue weighted by molar-refractivity contribution is 6.76. The van der Waals surface area contributed by atoms with Crippen LogP contribution in [0.2, 0.25) is 90.7 Å². The van der Waals surface area contributed by atoms with Crippen molar-refractivity contribution in [3.63, 3.8) is 0 Å². The molecule has 3 unspecified atom stereocenters. The van der Waals surface area contributed by atoms with Gasteiger partial charge in [0.05, 0.1) is 6.10 Å². The van der Waals surface area contributed by atoms with Gasteiger partial charge in [0, 0.05) is 77.2 Å². The fraction of sp³-hybridized carbons (Fsp3) is 0.543. The fourth-order valence-corrected chi connectivity index (χ4v) is 18.8. The first-order valence-electron chi connectivity index (χ1n) is 41.1. The second kappa shape index (κ2) is 33.3. The minimum absolute atomic E-state index is 0.000792. The second-order valence-corrected chi connectivity index (χ2v) is 63.0. The summed E-state index contributed by atoms with van der Waals surface area (Å²) in [6.45, 7) is 65.0. The first-order chi connectivity index (χ1) is 51.8. The number of benzene rings is 6. The monoisotopic (exact) mass is 1600 g/mol. The van der Waals surface area contributed by atoms with Crippen molar-refractivity contribution in [3.8, 4) is 57.5 Å². The maximum Gasteiger partial charge on any atom is 0.250 e. The van der Waals surface area contributed by atoms with E-state index < -0.39 is 59.9 Å². The van der Waals surface area contributed by atoms with E-state index in [4.69, 9.17) is 50.6 Å². The molecule has 6 aliphatic heterocycles. The maximum atomic E-state index is 11.4. The molecule has 0 aliphatic carbocycles. The number of hydrogen-bond donors (Lipinski definition) is 1. The van der Waals surface area contributed by atoms with Gasteiger partial charge in [-0.15, -0.1) is 0 Å². The van der Waals surface area contributed by atoms with Crippen molar-refractivity contribution in [1.29, 1.82) is 0 Å². The highest BCUT2D eigenvalue weighted by atomic mass is 28.4. The number of likely N-dealkylation sites (tertiary alicyclic amines) is 2. The summed E-state index contributed by atoms with van der Waals surface area (Å²) in [5, 5.41) is 11.6. The van der Waals surface area contributed by atoms with E-state index in [9.17, 15) is 5.11 Å². The van der Waals surface area contributed by atoms with Crippen molar-refractivity contribution in [2.24, 2.45) is 0 Å². The number of allylic oxidation sites excluding steroid dienone is 2. The number of aliphatic hydroxyl groups excluding tert-OH is 1. The summed E-state index contributed by atoms with van der Waals surface area (Å²) in [6.07, 6.45) is 8.81. The van der Waals surface area contributed by atoms with Gasteiger partial charge in [-0.1, -0.05) is 141 Å². The van der Waals surface area contributed by atoms with E-state index >= 15 is 0 Å². The Morgan fingerprint density at radius 1 is 0.378 bits per heavy atom. The molecule has 0 amide bonds. The first kappa shape index (κ1) is 85.2. The molecule has 0 radical (unpaired) electrons. The lowest BCUT2D eigenvalue weighted by Crippen LogP contribution is -2.43. The Morgan fingerprint density at radius 3 is 1.12 bits per heavy atom. The van der Waals surface area contributed by atoms with Crippen LogP contribution >= 0.6 is 0 Å². The van der Waals surface area contributed by atoms with E-state index in [0.717, 1.165) is 152 Å². The zero-order valence-corrected chi connectivity index (χ0v) is 77.2. The third-order valence-corrected chi connectivity index (χ3v) is 47.5. The van der Waals surface area contributed by atoms with Gasteiger partial charge in [0.2, 0.25) is 41.6 Å². The van der Waals surface area contributed by atoms with Crippen LogP contribution in [-0.2, 0) is 4.43 Å². The largest absolute Gasteiger partial charge is 0.544 e. The average molecular weight is 1600 g/mol. The molecular formula is C92H134N2O12Si5. The Hall–Kier alpha value is -6.70. The van der Waals surface area contributed by atoms with Crippen LogP contribution in [0.5, 0.6) is 57.5 Å². The van der Waals surface area contributed by atoms with E-state index in [2.05, 4.69) is 282 Å². The zero-order valence-electron chi connectivity index (χ0n) is 72.2. The van der Waals surface area contributed by atoms with Crippen molar-refractivity contribution in [1.82, 2.24) is 9.80 Å². The standard InChI is InChI=1S/C49H73NO6Si3.C43H61NO6Si2/c1-47(2,3)57(10,11)54-37-24-26-41-43(32-37)52-34-39(56-59(14,15)49(7,8)9)31-42-40-25-23-38(55-58(12,13)48(4,5)6)33-44(40)53-46(45(41)42)35-19-21-36(22-20-35)51-30-29-50-27-17-16-18-28-50;1-42(2,3)51(7,8)49-33-19-21-36-38(27-33)47-29-31(45)26-37-35-20-18-34(50-52(9,10)43(4,5)6)28-39(35)48-41(40(36)37)30-14-16-32(17-15-30)46-25-24-44-22-12-11-13-23-44/h19-26,31-33,46H,16-18,27-30,34H2,1-15H3;14-21,27-28,31,41,45H,11-13,22-26,29H2,1-10H3/b39-31+;. The molecule has 604 valence electrons. The Balaban J connectivity index is 0.000000222. The van der Waals surface area contributed by atoms with Crippen molar-refractivity contribution >= 4 is 63.9 Å². The summed E-state index contributed by atoms with van der Waals surface area (Å²) in [5.74, 6) is 8.77. The Labute approximate surface area is 672 Å². The lowest BCUT2D eigenvalue weighted by Gasteiger charge is -2.39. The van der Waals surface area contributed by atoms with E-state index in [0.29, 0.717) is 32.0 Å². The third-order valence-electron chi connectivity index (χ3n) is 25.7. The predicted molar refractivity (Wildman–Crippen MR) is 470 cm³/mol. The fourth-order valence-electron chi connectivity index (χ4n) is 13.6. The molecule has 0 bridgehead atoms. The molecule has 12 rings (SSSR count). The van der Waals surface area contributed by atoms with Crippen LogP contribution < -0.4 is 46.1 Å². The summed E-state index contributed by atoms with van der Waals surface area (Å²) >= 11 is 0. The van der Waals surface area contributed by atoms with Crippen LogP contribution in [-0.4, -0.2) is 128 Å². The van der Waals surface area contributed by atoms with Crippen LogP contribution in [0.1, 0.15) is 194 Å². The van der Waals surface area contributed by atoms with Gasteiger partial charge in [0.25, 0.3) is 0 Å². The number of fused-ring (bicyclic) bond motifs is 8. The minimum Gasteiger partial charge on any atom is -0.544 e. The van der Waals surface area contributed by atoms with Crippen molar-refractivity contribution in [2.45, 2.75) is 258 Å². The molecule has 3 atom stereocenters. The number of ether oxygens (including phenoxy) is 6. The molecule has 0 spiro atoms. The molecule has 6 aliphatic rings. The smallest absolute Gasteiger partial charge is 0.250 e. The van der Waals surface area contributed by atoms with Gasteiger partial charge in [0.15, 0.2) is 6.10 Å². The lowest BCUT2D eigenvalue weighted by molar-refractivity contribution is 0.109. The minimum atomic E-state index is -2.25. The van der Waals surface area contributed by atoms with Crippen LogP contribution in [0.3, 0.4) is 0 Å². The van der Waals surface area contributed by atoms with Gasteiger partial charge in [0.1, 0.15) is 95.8 Å². The molecular weight excluding hydrogens is 1470 g/mol. The number of hydrogen-bond acceptors (Lipinski definition) is 14. The molecule has 6 aromatic rings. The molecule has 2 saturated heterocycles. The number of piperidine rings is 2. The molecule has 2 fully saturated rings. The number of nitrogens with zero attached hydrogens (tertiary/aromatic N) is 2. The quantitative estimate of drug-likeness (QED) is 0.0728. The van der Waals surface area contributed by atoms with Crippen molar-refractivity contribution in [3.05, 3.63) is 167 Å². The molecule has 6 aromatic carbocycles. The summed E-state index contributed by atoms with van der Waals surface area (Å²) in [4.78, 5) is 5.00. The summed E-state index contributed by atoms with van der Waals surface area (Å²) in [6, 6.07) is 41.9. The van der Waals surface area contributed by atoms with E-state index in [1.165, 1.54) is 38.5 Å². The molecule has 0 aromatic heterocycles. The Morgan fingerprint density at radius 2 is 0.712 bits per heavy atom.